The third kappa shape index (κ3) is 2.45. The Morgan fingerprint density at radius 1 is 1.31 bits per heavy atom. The number of aliphatic hydroxyl groups is 2. The zero-order valence-electron chi connectivity index (χ0n) is 9.82. The molecule has 0 spiro atoms. The predicted octanol–water partition coefficient (Wildman–Crippen LogP) is 2.20. The van der Waals surface area contributed by atoms with Gasteiger partial charge >= 0.3 is 0 Å². The Morgan fingerprint density at radius 2 is 2.00 bits per heavy atom. The molecule has 0 heterocycles. The van der Waals surface area contributed by atoms with Crippen LogP contribution in [0.5, 0.6) is 0 Å². The second-order valence-electron chi connectivity index (χ2n) is 5.02. The summed E-state index contributed by atoms with van der Waals surface area (Å²) in [5, 5.41) is 20.3. The minimum Gasteiger partial charge on any atom is -0.390 e. The summed E-state index contributed by atoms with van der Waals surface area (Å²) in [5.74, 6) is 0. The van der Waals surface area contributed by atoms with Crippen molar-refractivity contribution in [3.63, 3.8) is 0 Å². The van der Waals surface area contributed by atoms with Gasteiger partial charge in [-0.05, 0) is 25.3 Å². The highest BCUT2D eigenvalue weighted by atomic mass is 16.3. The van der Waals surface area contributed by atoms with E-state index in [9.17, 15) is 10.2 Å². The number of benzene rings is 1. The normalized spacial score (nSPS) is 20.9. The van der Waals surface area contributed by atoms with Crippen molar-refractivity contribution in [2.75, 3.05) is 0 Å². The van der Waals surface area contributed by atoms with Crippen LogP contribution in [0.3, 0.4) is 0 Å². The van der Waals surface area contributed by atoms with Crippen LogP contribution in [-0.2, 0) is 6.42 Å². The van der Waals surface area contributed by atoms with Crippen molar-refractivity contribution >= 4 is 0 Å². The minimum atomic E-state index is -0.844. The van der Waals surface area contributed by atoms with E-state index in [-0.39, 0.29) is 0 Å². The second-order valence-corrected chi connectivity index (χ2v) is 5.02. The Morgan fingerprint density at radius 3 is 2.62 bits per heavy atom. The molecule has 1 aromatic carbocycles. The van der Waals surface area contributed by atoms with Crippen LogP contribution in [0.25, 0.3) is 0 Å². The van der Waals surface area contributed by atoms with E-state index in [1.165, 1.54) is 5.56 Å². The van der Waals surface area contributed by atoms with Crippen LogP contribution < -0.4 is 0 Å². The van der Waals surface area contributed by atoms with Crippen LogP contribution in [0.2, 0.25) is 0 Å². The summed E-state index contributed by atoms with van der Waals surface area (Å²) in [6.45, 7) is 2.04. The molecule has 1 unspecified atom stereocenters. The van der Waals surface area contributed by atoms with Crippen molar-refractivity contribution in [2.45, 2.75) is 50.7 Å². The molecule has 16 heavy (non-hydrogen) atoms. The lowest BCUT2D eigenvalue weighted by molar-refractivity contribution is -0.0689. The monoisotopic (exact) mass is 220 g/mol. The third-order valence-corrected chi connectivity index (χ3v) is 3.60. The summed E-state index contributed by atoms with van der Waals surface area (Å²) in [6.07, 6.45) is 3.46. The molecule has 2 rings (SSSR count). The lowest BCUT2D eigenvalue weighted by Crippen LogP contribution is -2.40. The van der Waals surface area contributed by atoms with Crippen LogP contribution in [0, 0.1) is 6.92 Å². The van der Waals surface area contributed by atoms with Gasteiger partial charge in [0.15, 0.2) is 0 Å². The maximum atomic E-state index is 10.2. The minimum absolute atomic E-state index is 0.554. The van der Waals surface area contributed by atoms with E-state index >= 15 is 0 Å². The molecule has 1 atom stereocenters. The number of hydrogen-bond acceptors (Lipinski definition) is 2. The van der Waals surface area contributed by atoms with E-state index in [0.29, 0.717) is 6.42 Å². The SMILES string of the molecule is Cc1cccc(CC(O)C2(O)CCCC2)c1. The maximum absolute atomic E-state index is 10.2. The quantitative estimate of drug-likeness (QED) is 0.820. The lowest BCUT2D eigenvalue weighted by Gasteiger charge is -2.28. The first-order valence-corrected chi connectivity index (χ1v) is 6.06. The van der Waals surface area contributed by atoms with Gasteiger partial charge in [0.05, 0.1) is 11.7 Å². The molecule has 0 radical (unpaired) electrons. The summed E-state index contributed by atoms with van der Waals surface area (Å²) in [4.78, 5) is 0. The predicted molar refractivity (Wildman–Crippen MR) is 64.3 cm³/mol. The molecule has 0 bridgehead atoms. The van der Waals surface area contributed by atoms with Crippen LogP contribution in [0.1, 0.15) is 36.8 Å². The number of rotatable bonds is 3. The molecular formula is C14H20O2. The van der Waals surface area contributed by atoms with E-state index in [0.717, 1.165) is 31.2 Å². The summed E-state index contributed by atoms with van der Waals surface area (Å²) >= 11 is 0. The zero-order valence-corrected chi connectivity index (χ0v) is 9.82. The standard InChI is InChI=1S/C14H20O2/c1-11-5-4-6-12(9-11)10-13(15)14(16)7-2-3-8-14/h4-6,9,13,15-16H,2-3,7-8,10H2,1H3. The molecule has 2 nitrogen and oxygen atoms in total. The van der Waals surface area contributed by atoms with Gasteiger partial charge in [-0.1, -0.05) is 42.7 Å². The van der Waals surface area contributed by atoms with E-state index in [4.69, 9.17) is 0 Å². The van der Waals surface area contributed by atoms with Gasteiger partial charge < -0.3 is 10.2 Å². The molecule has 88 valence electrons. The Hall–Kier alpha value is -0.860. The molecule has 0 aromatic heterocycles. The Balaban J connectivity index is 2.04. The molecular weight excluding hydrogens is 200 g/mol. The summed E-state index contributed by atoms with van der Waals surface area (Å²) in [7, 11) is 0. The van der Waals surface area contributed by atoms with Crippen LogP contribution in [-0.4, -0.2) is 21.9 Å². The van der Waals surface area contributed by atoms with Gasteiger partial charge in [-0.3, -0.25) is 0 Å². The Kier molecular flexibility index (Phi) is 3.31. The topological polar surface area (TPSA) is 40.5 Å². The van der Waals surface area contributed by atoms with Gasteiger partial charge in [0.25, 0.3) is 0 Å². The van der Waals surface area contributed by atoms with E-state index < -0.39 is 11.7 Å². The van der Waals surface area contributed by atoms with Crippen LogP contribution in [0.15, 0.2) is 24.3 Å². The van der Waals surface area contributed by atoms with Gasteiger partial charge in [-0.2, -0.15) is 0 Å². The van der Waals surface area contributed by atoms with Crippen molar-refractivity contribution in [2.24, 2.45) is 0 Å². The van der Waals surface area contributed by atoms with Gasteiger partial charge in [-0.25, -0.2) is 0 Å². The summed E-state index contributed by atoms with van der Waals surface area (Å²) < 4.78 is 0. The van der Waals surface area contributed by atoms with Gasteiger partial charge in [-0.15, -0.1) is 0 Å². The molecule has 0 saturated heterocycles. The lowest BCUT2D eigenvalue weighted by atomic mass is 9.90. The molecule has 2 heteroatoms. The average molecular weight is 220 g/mol. The smallest absolute Gasteiger partial charge is 0.0908 e. The molecule has 1 saturated carbocycles. The number of hydrogen-bond donors (Lipinski definition) is 2. The Labute approximate surface area is 96.9 Å². The number of aliphatic hydroxyl groups excluding tert-OH is 1. The fourth-order valence-electron chi connectivity index (χ4n) is 2.57. The fraction of sp³-hybridized carbons (Fsp3) is 0.571. The van der Waals surface area contributed by atoms with Crippen molar-refractivity contribution in [3.05, 3.63) is 35.4 Å². The maximum Gasteiger partial charge on any atom is 0.0908 e. The molecule has 1 fully saturated rings. The largest absolute Gasteiger partial charge is 0.390 e. The van der Waals surface area contributed by atoms with E-state index in [1.807, 2.05) is 25.1 Å². The van der Waals surface area contributed by atoms with Gasteiger partial charge in [0, 0.05) is 6.42 Å². The van der Waals surface area contributed by atoms with Crippen molar-refractivity contribution in [1.82, 2.24) is 0 Å². The van der Waals surface area contributed by atoms with Crippen molar-refractivity contribution < 1.29 is 10.2 Å². The van der Waals surface area contributed by atoms with Gasteiger partial charge in [0.2, 0.25) is 0 Å². The van der Waals surface area contributed by atoms with Crippen molar-refractivity contribution in [1.29, 1.82) is 0 Å². The third-order valence-electron chi connectivity index (χ3n) is 3.60. The molecule has 2 N–H and O–H groups in total. The Bertz CT molecular complexity index is 354. The van der Waals surface area contributed by atoms with Crippen LogP contribution in [0.4, 0.5) is 0 Å². The van der Waals surface area contributed by atoms with Crippen LogP contribution >= 0.6 is 0 Å². The first kappa shape index (κ1) is 11.6. The summed E-state index contributed by atoms with van der Waals surface area (Å²) in [6, 6.07) is 8.12. The molecule has 1 aromatic rings. The summed E-state index contributed by atoms with van der Waals surface area (Å²) in [5.41, 5.74) is 1.46. The molecule has 1 aliphatic rings. The second kappa shape index (κ2) is 4.56. The van der Waals surface area contributed by atoms with Crippen molar-refractivity contribution in [3.8, 4) is 0 Å². The highest BCUT2D eigenvalue weighted by Gasteiger charge is 2.38. The zero-order chi connectivity index (χ0) is 11.6. The highest BCUT2D eigenvalue weighted by molar-refractivity contribution is 5.23. The molecule has 0 aliphatic heterocycles. The first-order valence-electron chi connectivity index (χ1n) is 6.06. The fourth-order valence-corrected chi connectivity index (χ4v) is 2.57. The molecule has 0 amide bonds. The highest BCUT2D eigenvalue weighted by Crippen LogP contribution is 2.33. The average Bonchev–Trinajstić information content (AvgIpc) is 2.66. The molecule has 1 aliphatic carbocycles. The first-order chi connectivity index (χ1) is 7.60. The van der Waals surface area contributed by atoms with E-state index in [2.05, 4.69) is 6.07 Å². The van der Waals surface area contributed by atoms with E-state index in [1.54, 1.807) is 0 Å². The number of aryl methyl sites for hydroxylation is 1. The van der Waals surface area contributed by atoms with Gasteiger partial charge in [0.1, 0.15) is 0 Å².